The predicted octanol–water partition coefficient (Wildman–Crippen LogP) is 5.07. The highest BCUT2D eigenvalue weighted by molar-refractivity contribution is 6.33. The summed E-state index contributed by atoms with van der Waals surface area (Å²) in [6.07, 6.45) is 2.51. The van der Waals surface area contributed by atoms with Crippen molar-refractivity contribution in [3.8, 4) is 0 Å². The van der Waals surface area contributed by atoms with Crippen LogP contribution in [0.4, 0.5) is 5.69 Å². The van der Waals surface area contributed by atoms with Crippen molar-refractivity contribution < 1.29 is 4.79 Å². The van der Waals surface area contributed by atoms with E-state index in [-0.39, 0.29) is 11.9 Å². The molecule has 1 aliphatic heterocycles. The van der Waals surface area contributed by atoms with Crippen LogP contribution in [-0.2, 0) is 0 Å². The molecule has 0 aromatic heterocycles. The number of anilines is 1. The lowest BCUT2D eigenvalue weighted by atomic mass is 9.98. The molecule has 1 amide bonds. The third-order valence-corrected chi connectivity index (χ3v) is 5.34. The molecule has 3 rings (SSSR count). The fourth-order valence-corrected chi connectivity index (χ4v) is 3.47. The first-order valence-corrected chi connectivity index (χ1v) is 9.32. The van der Waals surface area contributed by atoms with Crippen molar-refractivity contribution in [2.24, 2.45) is 5.92 Å². The first-order valence-electron chi connectivity index (χ1n) is 8.95. The van der Waals surface area contributed by atoms with Gasteiger partial charge >= 0.3 is 0 Å². The first kappa shape index (κ1) is 17.8. The third-order valence-electron chi connectivity index (χ3n) is 5.01. The highest BCUT2D eigenvalue weighted by Crippen LogP contribution is 2.25. The van der Waals surface area contributed by atoms with Crippen LogP contribution in [0, 0.1) is 5.92 Å². The molecular formula is C21H25ClN2O. The largest absolute Gasteiger partial charge is 0.372 e. The van der Waals surface area contributed by atoms with Crippen LogP contribution < -0.4 is 10.2 Å². The van der Waals surface area contributed by atoms with E-state index in [9.17, 15) is 4.79 Å². The van der Waals surface area contributed by atoms with E-state index >= 15 is 0 Å². The van der Waals surface area contributed by atoms with Gasteiger partial charge in [0.25, 0.3) is 5.91 Å². The van der Waals surface area contributed by atoms with Gasteiger partial charge in [-0.05, 0) is 55.5 Å². The molecule has 1 saturated heterocycles. The van der Waals surface area contributed by atoms with E-state index < -0.39 is 0 Å². The fourth-order valence-electron chi connectivity index (χ4n) is 3.24. The normalized spacial score (nSPS) is 16.5. The molecule has 1 N–H and O–H groups in total. The second-order valence-corrected chi connectivity index (χ2v) is 7.34. The molecule has 0 aliphatic carbocycles. The van der Waals surface area contributed by atoms with Crippen LogP contribution in [0.1, 0.15) is 48.7 Å². The molecule has 25 heavy (non-hydrogen) atoms. The van der Waals surface area contributed by atoms with E-state index in [1.165, 1.54) is 18.5 Å². The summed E-state index contributed by atoms with van der Waals surface area (Å²) in [5.41, 5.74) is 2.87. The van der Waals surface area contributed by atoms with Crippen molar-refractivity contribution in [1.82, 2.24) is 5.32 Å². The number of rotatable bonds is 4. The Balaban J connectivity index is 1.64. The van der Waals surface area contributed by atoms with Gasteiger partial charge in [0, 0.05) is 18.8 Å². The first-order chi connectivity index (χ1) is 12.0. The number of piperidine rings is 1. The standard InChI is InChI=1S/C21H25ClN2O/c1-15-11-13-24(14-12-15)18-9-7-17(8-10-18)16(2)23-21(25)19-5-3-4-6-20(19)22/h3-10,15-16H,11-14H2,1-2H3,(H,23,25). The van der Waals surface area contributed by atoms with Crippen LogP contribution in [0.3, 0.4) is 0 Å². The summed E-state index contributed by atoms with van der Waals surface area (Å²) in [6, 6.07) is 15.6. The molecule has 1 heterocycles. The lowest BCUT2D eigenvalue weighted by Gasteiger charge is -2.32. The average Bonchev–Trinajstić information content (AvgIpc) is 2.63. The number of nitrogens with zero attached hydrogens (tertiary/aromatic N) is 1. The number of carbonyl (C=O) groups excluding carboxylic acids is 1. The Bertz CT molecular complexity index is 721. The summed E-state index contributed by atoms with van der Waals surface area (Å²) in [5.74, 6) is 0.683. The van der Waals surface area contributed by atoms with Gasteiger partial charge in [-0.3, -0.25) is 4.79 Å². The van der Waals surface area contributed by atoms with Crippen molar-refractivity contribution in [3.05, 3.63) is 64.7 Å². The van der Waals surface area contributed by atoms with Crippen molar-refractivity contribution in [3.63, 3.8) is 0 Å². The quantitative estimate of drug-likeness (QED) is 0.829. The summed E-state index contributed by atoms with van der Waals surface area (Å²) in [5, 5.41) is 3.50. The van der Waals surface area contributed by atoms with E-state index in [2.05, 4.69) is 41.4 Å². The topological polar surface area (TPSA) is 32.3 Å². The lowest BCUT2D eigenvalue weighted by molar-refractivity contribution is 0.0940. The summed E-state index contributed by atoms with van der Waals surface area (Å²) < 4.78 is 0. The molecule has 2 aromatic carbocycles. The minimum Gasteiger partial charge on any atom is -0.372 e. The van der Waals surface area contributed by atoms with Gasteiger partial charge in [0.2, 0.25) is 0 Å². The van der Waals surface area contributed by atoms with Gasteiger partial charge in [0.15, 0.2) is 0 Å². The predicted molar refractivity (Wildman–Crippen MR) is 104 cm³/mol. The zero-order valence-corrected chi connectivity index (χ0v) is 15.6. The fraction of sp³-hybridized carbons (Fsp3) is 0.381. The van der Waals surface area contributed by atoms with Crippen molar-refractivity contribution in [2.75, 3.05) is 18.0 Å². The van der Waals surface area contributed by atoms with Gasteiger partial charge in [-0.25, -0.2) is 0 Å². The number of nitrogens with one attached hydrogen (secondary N) is 1. The van der Waals surface area contributed by atoms with Crippen molar-refractivity contribution in [2.45, 2.75) is 32.7 Å². The Labute approximate surface area is 155 Å². The van der Waals surface area contributed by atoms with E-state index in [4.69, 9.17) is 11.6 Å². The molecule has 4 heteroatoms. The second-order valence-electron chi connectivity index (χ2n) is 6.94. The molecule has 3 nitrogen and oxygen atoms in total. The van der Waals surface area contributed by atoms with E-state index in [1.807, 2.05) is 19.1 Å². The number of halogens is 1. The van der Waals surface area contributed by atoms with Crippen molar-refractivity contribution in [1.29, 1.82) is 0 Å². The Morgan fingerprint density at radius 3 is 2.40 bits per heavy atom. The van der Waals surface area contributed by atoms with Crippen LogP contribution >= 0.6 is 11.6 Å². The second kappa shape index (κ2) is 7.92. The Morgan fingerprint density at radius 2 is 1.76 bits per heavy atom. The summed E-state index contributed by atoms with van der Waals surface area (Å²) >= 11 is 6.10. The third kappa shape index (κ3) is 4.35. The van der Waals surface area contributed by atoms with Gasteiger partial charge in [-0.15, -0.1) is 0 Å². The van der Waals surface area contributed by atoms with Gasteiger partial charge < -0.3 is 10.2 Å². The molecule has 1 unspecified atom stereocenters. The molecule has 0 saturated carbocycles. The van der Waals surface area contributed by atoms with E-state index in [0.29, 0.717) is 10.6 Å². The summed E-state index contributed by atoms with van der Waals surface area (Å²) in [4.78, 5) is 14.8. The number of benzene rings is 2. The number of amides is 1. The summed E-state index contributed by atoms with van der Waals surface area (Å²) in [7, 11) is 0. The van der Waals surface area contributed by atoms with Gasteiger partial charge in [-0.1, -0.05) is 42.8 Å². The molecule has 0 spiro atoms. The van der Waals surface area contributed by atoms with E-state index in [1.54, 1.807) is 12.1 Å². The lowest BCUT2D eigenvalue weighted by Crippen LogP contribution is -2.32. The minimum absolute atomic E-state index is 0.0702. The summed E-state index contributed by atoms with van der Waals surface area (Å²) in [6.45, 7) is 6.56. The maximum absolute atomic E-state index is 12.4. The van der Waals surface area contributed by atoms with Crippen LogP contribution in [0.15, 0.2) is 48.5 Å². The SMILES string of the molecule is CC1CCN(c2ccc(C(C)NC(=O)c3ccccc3Cl)cc2)CC1. The smallest absolute Gasteiger partial charge is 0.253 e. The molecule has 0 radical (unpaired) electrons. The monoisotopic (exact) mass is 356 g/mol. The maximum atomic E-state index is 12.4. The zero-order chi connectivity index (χ0) is 17.8. The Kier molecular flexibility index (Phi) is 5.64. The number of hydrogen-bond acceptors (Lipinski definition) is 2. The molecule has 2 aromatic rings. The molecular weight excluding hydrogens is 332 g/mol. The van der Waals surface area contributed by atoms with Gasteiger partial charge in [0.05, 0.1) is 16.6 Å². The molecule has 1 aliphatic rings. The van der Waals surface area contributed by atoms with Crippen LogP contribution in [0.5, 0.6) is 0 Å². The molecule has 1 fully saturated rings. The Hall–Kier alpha value is -2.00. The van der Waals surface area contributed by atoms with Gasteiger partial charge in [0.1, 0.15) is 0 Å². The molecule has 132 valence electrons. The maximum Gasteiger partial charge on any atom is 0.253 e. The molecule has 1 atom stereocenters. The van der Waals surface area contributed by atoms with E-state index in [0.717, 1.165) is 24.6 Å². The zero-order valence-electron chi connectivity index (χ0n) is 14.8. The Morgan fingerprint density at radius 1 is 1.12 bits per heavy atom. The van der Waals surface area contributed by atoms with Crippen LogP contribution in [0.25, 0.3) is 0 Å². The van der Waals surface area contributed by atoms with Gasteiger partial charge in [-0.2, -0.15) is 0 Å². The number of carbonyl (C=O) groups is 1. The number of hydrogen-bond donors (Lipinski definition) is 1. The minimum atomic E-state index is -0.146. The van der Waals surface area contributed by atoms with Crippen LogP contribution in [-0.4, -0.2) is 19.0 Å². The molecule has 0 bridgehead atoms. The highest BCUT2D eigenvalue weighted by Gasteiger charge is 2.17. The highest BCUT2D eigenvalue weighted by atomic mass is 35.5. The van der Waals surface area contributed by atoms with Crippen molar-refractivity contribution >= 4 is 23.2 Å². The average molecular weight is 357 g/mol. The van der Waals surface area contributed by atoms with Crippen LogP contribution in [0.2, 0.25) is 5.02 Å².